The Labute approximate surface area is 193 Å². The Balaban J connectivity index is 1.46. The number of anilines is 1. The Morgan fingerprint density at radius 1 is 1.00 bits per heavy atom. The average molecular weight is 445 g/mol. The molecule has 2 aromatic carbocycles. The monoisotopic (exact) mass is 444 g/mol. The summed E-state index contributed by atoms with van der Waals surface area (Å²) in [5.41, 5.74) is 5.09. The van der Waals surface area contributed by atoms with E-state index in [4.69, 9.17) is 0 Å². The molecule has 0 saturated carbocycles. The molecule has 164 valence electrons. The van der Waals surface area contributed by atoms with Gasteiger partial charge >= 0.3 is 0 Å². The third-order valence-corrected chi connectivity index (χ3v) is 6.89. The van der Waals surface area contributed by atoms with Crippen LogP contribution >= 0.6 is 11.3 Å². The number of thiophene rings is 1. The first-order valence-electron chi connectivity index (χ1n) is 11.1. The van der Waals surface area contributed by atoms with Gasteiger partial charge in [-0.3, -0.25) is 9.59 Å². The standard InChI is InChI=1S/C27H28N2O2S/c1-19-11-13-21(14-12-19)15-16-24(30)29-27-25(22-9-5-6-10-23(22)32-27)26(31)28-18-17-20-7-3-2-4-8-20/h2-4,7-8,11-16H,5-6,9-10,17-18H2,1H3,(H,28,31)(H,29,30). The molecule has 1 heterocycles. The lowest BCUT2D eigenvalue weighted by atomic mass is 9.95. The zero-order chi connectivity index (χ0) is 22.3. The molecule has 32 heavy (non-hydrogen) atoms. The molecule has 0 bridgehead atoms. The lowest BCUT2D eigenvalue weighted by Gasteiger charge is -2.13. The second-order valence-corrected chi connectivity index (χ2v) is 9.24. The number of nitrogens with one attached hydrogen (secondary N) is 2. The number of carbonyl (C=O) groups excluding carboxylic acids is 2. The number of hydrogen-bond donors (Lipinski definition) is 2. The summed E-state index contributed by atoms with van der Waals surface area (Å²) in [6.07, 6.45) is 8.17. The van der Waals surface area contributed by atoms with Crippen LogP contribution in [0.15, 0.2) is 60.7 Å². The third kappa shape index (κ3) is 5.54. The van der Waals surface area contributed by atoms with Gasteiger partial charge in [0.15, 0.2) is 0 Å². The molecule has 0 fully saturated rings. The van der Waals surface area contributed by atoms with E-state index in [0.29, 0.717) is 17.1 Å². The van der Waals surface area contributed by atoms with Crippen LogP contribution in [0.4, 0.5) is 5.00 Å². The molecule has 1 aromatic heterocycles. The molecule has 1 aliphatic rings. The van der Waals surface area contributed by atoms with Gasteiger partial charge in [0.25, 0.3) is 5.91 Å². The highest BCUT2D eigenvalue weighted by molar-refractivity contribution is 7.17. The van der Waals surface area contributed by atoms with Crippen LogP contribution in [0.3, 0.4) is 0 Å². The maximum Gasteiger partial charge on any atom is 0.254 e. The SMILES string of the molecule is Cc1ccc(C=CC(=O)Nc2sc3c(c2C(=O)NCCc2ccccc2)CCCC3)cc1. The van der Waals surface area contributed by atoms with Gasteiger partial charge in [-0.05, 0) is 61.8 Å². The van der Waals surface area contributed by atoms with Crippen LogP contribution in [0.1, 0.15) is 50.3 Å². The molecule has 0 atom stereocenters. The van der Waals surface area contributed by atoms with Crippen molar-refractivity contribution in [3.05, 3.63) is 93.4 Å². The van der Waals surface area contributed by atoms with E-state index in [0.717, 1.165) is 43.2 Å². The number of benzene rings is 2. The maximum atomic E-state index is 13.1. The van der Waals surface area contributed by atoms with Gasteiger partial charge in [0, 0.05) is 17.5 Å². The molecule has 4 rings (SSSR count). The molecule has 0 unspecified atom stereocenters. The van der Waals surface area contributed by atoms with Gasteiger partial charge in [-0.25, -0.2) is 0 Å². The van der Waals surface area contributed by atoms with Crippen LogP contribution in [0.5, 0.6) is 0 Å². The molecule has 3 aromatic rings. The minimum absolute atomic E-state index is 0.0989. The van der Waals surface area contributed by atoms with E-state index in [-0.39, 0.29) is 11.8 Å². The zero-order valence-electron chi connectivity index (χ0n) is 18.3. The molecule has 0 aliphatic heterocycles. The van der Waals surface area contributed by atoms with Gasteiger partial charge in [0.2, 0.25) is 5.91 Å². The van der Waals surface area contributed by atoms with E-state index in [1.165, 1.54) is 22.1 Å². The molecule has 1 aliphatic carbocycles. The van der Waals surface area contributed by atoms with Crippen molar-refractivity contribution in [3.63, 3.8) is 0 Å². The van der Waals surface area contributed by atoms with Gasteiger partial charge in [0.1, 0.15) is 5.00 Å². The molecule has 0 radical (unpaired) electrons. The second kappa shape index (κ2) is 10.4. The summed E-state index contributed by atoms with van der Waals surface area (Å²) in [4.78, 5) is 26.9. The Kier molecular flexibility index (Phi) is 7.17. The van der Waals surface area contributed by atoms with Crippen molar-refractivity contribution in [3.8, 4) is 0 Å². The van der Waals surface area contributed by atoms with Gasteiger partial charge in [0.05, 0.1) is 5.56 Å². The Morgan fingerprint density at radius 2 is 1.75 bits per heavy atom. The van der Waals surface area contributed by atoms with E-state index in [2.05, 4.69) is 22.8 Å². The fourth-order valence-electron chi connectivity index (χ4n) is 3.95. The fourth-order valence-corrected chi connectivity index (χ4v) is 5.24. The van der Waals surface area contributed by atoms with Gasteiger partial charge in [-0.1, -0.05) is 60.2 Å². The predicted molar refractivity (Wildman–Crippen MR) is 132 cm³/mol. The van der Waals surface area contributed by atoms with Crippen molar-refractivity contribution in [1.29, 1.82) is 0 Å². The summed E-state index contributed by atoms with van der Waals surface area (Å²) >= 11 is 1.55. The Morgan fingerprint density at radius 3 is 2.53 bits per heavy atom. The predicted octanol–water partition coefficient (Wildman–Crippen LogP) is 5.56. The molecular formula is C27H28N2O2S. The molecule has 0 saturated heterocycles. The van der Waals surface area contributed by atoms with Crippen molar-refractivity contribution < 1.29 is 9.59 Å². The highest BCUT2D eigenvalue weighted by atomic mass is 32.1. The summed E-state index contributed by atoms with van der Waals surface area (Å²) in [5, 5.41) is 6.69. The van der Waals surface area contributed by atoms with Crippen LogP contribution in [0.2, 0.25) is 0 Å². The summed E-state index contributed by atoms with van der Waals surface area (Å²) < 4.78 is 0. The fraction of sp³-hybridized carbons (Fsp3) is 0.259. The number of fused-ring (bicyclic) bond motifs is 1. The van der Waals surface area contributed by atoms with E-state index < -0.39 is 0 Å². The van der Waals surface area contributed by atoms with E-state index >= 15 is 0 Å². The highest BCUT2D eigenvalue weighted by Crippen LogP contribution is 2.38. The summed E-state index contributed by atoms with van der Waals surface area (Å²) in [6, 6.07) is 18.1. The van der Waals surface area contributed by atoms with Gasteiger partial charge in [-0.15, -0.1) is 11.3 Å². The summed E-state index contributed by atoms with van der Waals surface area (Å²) in [5.74, 6) is -0.319. The Bertz CT molecular complexity index is 1110. The summed E-state index contributed by atoms with van der Waals surface area (Å²) in [6.45, 7) is 2.60. The number of hydrogen-bond acceptors (Lipinski definition) is 3. The van der Waals surface area contributed by atoms with E-state index in [1.54, 1.807) is 17.4 Å². The number of amides is 2. The van der Waals surface area contributed by atoms with Crippen molar-refractivity contribution in [1.82, 2.24) is 5.32 Å². The highest BCUT2D eigenvalue weighted by Gasteiger charge is 2.25. The first-order valence-corrected chi connectivity index (χ1v) is 11.9. The van der Waals surface area contributed by atoms with Crippen LogP contribution in [0, 0.1) is 6.92 Å². The van der Waals surface area contributed by atoms with Crippen LogP contribution in [-0.4, -0.2) is 18.4 Å². The van der Waals surface area contributed by atoms with E-state index in [9.17, 15) is 9.59 Å². The van der Waals surface area contributed by atoms with Gasteiger partial charge in [-0.2, -0.15) is 0 Å². The minimum atomic E-state index is -0.220. The molecule has 5 heteroatoms. The van der Waals surface area contributed by atoms with Crippen LogP contribution in [0.25, 0.3) is 6.08 Å². The first-order chi connectivity index (χ1) is 15.6. The minimum Gasteiger partial charge on any atom is -0.352 e. The van der Waals surface area contributed by atoms with E-state index in [1.807, 2.05) is 49.4 Å². The zero-order valence-corrected chi connectivity index (χ0v) is 19.1. The largest absolute Gasteiger partial charge is 0.352 e. The maximum absolute atomic E-state index is 13.1. The summed E-state index contributed by atoms with van der Waals surface area (Å²) in [7, 11) is 0. The van der Waals surface area contributed by atoms with Crippen LogP contribution in [-0.2, 0) is 24.1 Å². The second-order valence-electron chi connectivity index (χ2n) is 8.14. The normalized spacial score (nSPS) is 13.0. The molecule has 4 nitrogen and oxygen atoms in total. The lowest BCUT2D eigenvalue weighted by Crippen LogP contribution is -2.27. The number of carbonyl (C=O) groups is 2. The van der Waals surface area contributed by atoms with Crippen molar-refractivity contribution in [2.45, 2.75) is 39.0 Å². The quantitative estimate of drug-likeness (QED) is 0.469. The Hall–Kier alpha value is -3.18. The average Bonchev–Trinajstić information content (AvgIpc) is 3.17. The van der Waals surface area contributed by atoms with Gasteiger partial charge < -0.3 is 10.6 Å². The number of rotatable bonds is 7. The number of aryl methyl sites for hydroxylation is 2. The molecule has 2 amide bonds. The lowest BCUT2D eigenvalue weighted by molar-refractivity contribution is -0.111. The smallest absolute Gasteiger partial charge is 0.254 e. The third-order valence-electron chi connectivity index (χ3n) is 5.68. The first kappa shape index (κ1) is 22.0. The molecule has 2 N–H and O–H groups in total. The molecule has 0 spiro atoms. The van der Waals surface area contributed by atoms with Crippen LogP contribution < -0.4 is 10.6 Å². The van der Waals surface area contributed by atoms with Crippen molar-refractivity contribution in [2.24, 2.45) is 0 Å². The molecular weight excluding hydrogens is 416 g/mol. The van der Waals surface area contributed by atoms with Crippen molar-refractivity contribution in [2.75, 3.05) is 11.9 Å². The topological polar surface area (TPSA) is 58.2 Å². The van der Waals surface area contributed by atoms with Crippen molar-refractivity contribution >= 4 is 34.2 Å².